The third-order valence-corrected chi connectivity index (χ3v) is 3.68. The molecule has 0 fully saturated rings. The smallest absolute Gasteiger partial charge is 0.228 e. The molecular weight excluding hydrogens is 276 g/mol. The summed E-state index contributed by atoms with van der Waals surface area (Å²) in [5.41, 5.74) is 1.20. The Morgan fingerprint density at radius 3 is 2.85 bits per heavy atom. The summed E-state index contributed by atoms with van der Waals surface area (Å²) in [7, 11) is 1.54. The molecule has 2 heterocycles. The van der Waals surface area contributed by atoms with E-state index < -0.39 is 0 Å². The van der Waals surface area contributed by atoms with Crippen LogP contribution in [-0.2, 0) is 6.54 Å². The molecule has 108 valence electrons. The predicted molar refractivity (Wildman–Crippen MR) is 76.5 cm³/mol. The molecule has 0 aliphatic rings. The van der Waals surface area contributed by atoms with E-state index in [1.807, 2.05) is 20.8 Å². The Balaban J connectivity index is 2.47. The van der Waals surface area contributed by atoms with E-state index in [1.165, 1.54) is 0 Å². The SMILES string of the molecule is CCCn1ncc(OC)c1C(=O)c1snnc1C(C)C. The van der Waals surface area contributed by atoms with Gasteiger partial charge in [0.25, 0.3) is 0 Å². The molecule has 0 N–H and O–H groups in total. The van der Waals surface area contributed by atoms with E-state index in [0.717, 1.165) is 23.6 Å². The first-order valence-corrected chi connectivity index (χ1v) is 7.34. The zero-order valence-electron chi connectivity index (χ0n) is 12.1. The molecule has 2 rings (SSSR count). The lowest BCUT2D eigenvalue weighted by Gasteiger charge is -2.08. The summed E-state index contributed by atoms with van der Waals surface area (Å²) < 4.78 is 10.8. The van der Waals surface area contributed by atoms with Gasteiger partial charge in [0.05, 0.1) is 19.0 Å². The highest BCUT2D eigenvalue weighted by Gasteiger charge is 2.26. The molecule has 2 aromatic heterocycles. The van der Waals surface area contributed by atoms with Crippen LogP contribution in [0.2, 0.25) is 0 Å². The van der Waals surface area contributed by atoms with Crippen LogP contribution in [0.5, 0.6) is 5.75 Å². The lowest BCUT2D eigenvalue weighted by Crippen LogP contribution is -2.13. The number of hydrogen-bond acceptors (Lipinski definition) is 6. The Morgan fingerprint density at radius 2 is 2.25 bits per heavy atom. The molecule has 0 aromatic carbocycles. The summed E-state index contributed by atoms with van der Waals surface area (Å²) >= 11 is 1.12. The summed E-state index contributed by atoms with van der Waals surface area (Å²) in [5, 5.41) is 8.27. The second kappa shape index (κ2) is 6.13. The molecule has 0 saturated heterocycles. The predicted octanol–water partition coefficient (Wildman–Crippen LogP) is 2.51. The molecule has 0 amide bonds. The zero-order chi connectivity index (χ0) is 14.7. The van der Waals surface area contributed by atoms with Crippen LogP contribution < -0.4 is 4.74 Å². The van der Waals surface area contributed by atoms with Crippen LogP contribution in [0, 0.1) is 0 Å². The molecule has 0 saturated carbocycles. The monoisotopic (exact) mass is 294 g/mol. The standard InChI is InChI=1S/C13H18N4O2S/c1-5-6-17-11(9(19-4)7-14-17)12(18)13-10(8(2)3)15-16-20-13/h7-8H,5-6H2,1-4H3. The first kappa shape index (κ1) is 14.6. The highest BCUT2D eigenvalue weighted by molar-refractivity contribution is 7.08. The van der Waals surface area contributed by atoms with Crippen molar-refractivity contribution in [2.75, 3.05) is 7.11 Å². The van der Waals surface area contributed by atoms with Gasteiger partial charge in [0.2, 0.25) is 5.78 Å². The number of ether oxygens (including phenoxy) is 1. The van der Waals surface area contributed by atoms with Gasteiger partial charge in [-0.05, 0) is 23.9 Å². The van der Waals surface area contributed by atoms with Crippen molar-refractivity contribution in [2.45, 2.75) is 39.7 Å². The van der Waals surface area contributed by atoms with Gasteiger partial charge in [0, 0.05) is 6.54 Å². The molecule has 7 heteroatoms. The number of nitrogens with zero attached hydrogens (tertiary/aromatic N) is 4. The van der Waals surface area contributed by atoms with Crippen LogP contribution in [0.25, 0.3) is 0 Å². The second-order valence-electron chi connectivity index (χ2n) is 4.76. The Bertz CT molecular complexity index is 603. The third kappa shape index (κ3) is 2.58. The molecule has 0 bridgehead atoms. The molecule has 20 heavy (non-hydrogen) atoms. The van der Waals surface area contributed by atoms with E-state index in [9.17, 15) is 4.79 Å². The molecule has 2 aromatic rings. The van der Waals surface area contributed by atoms with Gasteiger partial charge >= 0.3 is 0 Å². The maximum absolute atomic E-state index is 12.8. The van der Waals surface area contributed by atoms with E-state index >= 15 is 0 Å². The topological polar surface area (TPSA) is 69.9 Å². The van der Waals surface area contributed by atoms with E-state index in [4.69, 9.17) is 4.74 Å². The Morgan fingerprint density at radius 1 is 1.50 bits per heavy atom. The molecule has 0 spiro atoms. The summed E-state index contributed by atoms with van der Waals surface area (Å²) in [6, 6.07) is 0. The second-order valence-corrected chi connectivity index (χ2v) is 5.51. The average molecular weight is 294 g/mol. The Labute approximate surface area is 121 Å². The highest BCUT2D eigenvalue weighted by atomic mass is 32.1. The van der Waals surface area contributed by atoms with Crippen LogP contribution in [0.3, 0.4) is 0 Å². The van der Waals surface area contributed by atoms with E-state index in [0.29, 0.717) is 22.9 Å². The van der Waals surface area contributed by atoms with E-state index in [-0.39, 0.29) is 11.7 Å². The van der Waals surface area contributed by atoms with Gasteiger partial charge in [-0.1, -0.05) is 25.3 Å². The minimum absolute atomic E-state index is 0.119. The molecule has 6 nitrogen and oxygen atoms in total. The van der Waals surface area contributed by atoms with Crippen LogP contribution >= 0.6 is 11.5 Å². The number of ketones is 1. The van der Waals surface area contributed by atoms with Crippen molar-refractivity contribution in [1.29, 1.82) is 0 Å². The van der Waals surface area contributed by atoms with Crippen molar-refractivity contribution in [2.24, 2.45) is 0 Å². The number of rotatable bonds is 6. The maximum Gasteiger partial charge on any atom is 0.228 e. The molecule has 0 radical (unpaired) electrons. The Kier molecular flexibility index (Phi) is 4.49. The zero-order valence-corrected chi connectivity index (χ0v) is 12.9. The number of carbonyl (C=O) groups excluding carboxylic acids is 1. The van der Waals surface area contributed by atoms with Crippen molar-refractivity contribution in [3.63, 3.8) is 0 Å². The van der Waals surface area contributed by atoms with Gasteiger partial charge in [0.15, 0.2) is 11.4 Å². The molecule has 0 unspecified atom stereocenters. The Hall–Kier alpha value is -1.76. The van der Waals surface area contributed by atoms with Crippen LogP contribution in [0.15, 0.2) is 6.20 Å². The lowest BCUT2D eigenvalue weighted by molar-refractivity contribution is 0.102. The van der Waals surface area contributed by atoms with Crippen molar-refractivity contribution in [1.82, 2.24) is 19.4 Å². The van der Waals surface area contributed by atoms with Crippen LogP contribution in [0.4, 0.5) is 0 Å². The van der Waals surface area contributed by atoms with Crippen LogP contribution in [0.1, 0.15) is 54.2 Å². The normalized spacial score (nSPS) is 11.1. The van der Waals surface area contributed by atoms with E-state index in [2.05, 4.69) is 14.7 Å². The number of aryl methyl sites for hydroxylation is 1. The third-order valence-electron chi connectivity index (χ3n) is 2.94. The number of aromatic nitrogens is 4. The summed E-state index contributed by atoms with van der Waals surface area (Å²) in [5.74, 6) is 0.527. The number of hydrogen-bond donors (Lipinski definition) is 0. The average Bonchev–Trinajstić information content (AvgIpc) is 3.04. The summed E-state index contributed by atoms with van der Waals surface area (Å²) in [4.78, 5) is 13.3. The minimum atomic E-state index is -0.119. The van der Waals surface area contributed by atoms with Gasteiger partial charge in [-0.3, -0.25) is 9.48 Å². The van der Waals surface area contributed by atoms with Crippen molar-refractivity contribution in [3.8, 4) is 5.75 Å². The summed E-state index contributed by atoms with van der Waals surface area (Å²) in [6.45, 7) is 6.70. The highest BCUT2D eigenvalue weighted by Crippen LogP contribution is 2.27. The molecule has 0 atom stereocenters. The van der Waals surface area contributed by atoms with Gasteiger partial charge in [-0.25, -0.2) is 0 Å². The molecule has 0 aliphatic heterocycles. The van der Waals surface area contributed by atoms with Gasteiger partial charge in [-0.15, -0.1) is 5.10 Å². The van der Waals surface area contributed by atoms with Gasteiger partial charge in [0.1, 0.15) is 4.88 Å². The summed E-state index contributed by atoms with van der Waals surface area (Å²) in [6.07, 6.45) is 2.47. The first-order chi connectivity index (χ1) is 9.60. The fourth-order valence-corrected chi connectivity index (χ4v) is 2.73. The lowest BCUT2D eigenvalue weighted by atomic mass is 10.1. The van der Waals surface area contributed by atoms with Crippen molar-refractivity contribution < 1.29 is 9.53 Å². The van der Waals surface area contributed by atoms with E-state index in [1.54, 1.807) is 18.0 Å². The van der Waals surface area contributed by atoms with Crippen LogP contribution in [-0.4, -0.2) is 32.3 Å². The first-order valence-electron chi connectivity index (χ1n) is 6.56. The van der Waals surface area contributed by atoms with Gasteiger partial charge in [-0.2, -0.15) is 5.10 Å². The maximum atomic E-state index is 12.8. The fourth-order valence-electron chi connectivity index (χ4n) is 1.97. The minimum Gasteiger partial charge on any atom is -0.493 e. The van der Waals surface area contributed by atoms with Crippen molar-refractivity contribution >= 4 is 17.3 Å². The fraction of sp³-hybridized carbons (Fsp3) is 0.538. The van der Waals surface area contributed by atoms with Crippen molar-refractivity contribution in [3.05, 3.63) is 22.5 Å². The molecular formula is C13H18N4O2S. The largest absolute Gasteiger partial charge is 0.493 e. The molecule has 0 aliphatic carbocycles. The number of methoxy groups -OCH3 is 1. The number of carbonyl (C=O) groups is 1. The quantitative estimate of drug-likeness (QED) is 0.766. The van der Waals surface area contributed by atoms with Gasteiger partial charge < -0.3 is 4.74 Å².